The lowest BCUT2D eigenvalue weighted by Gasteiger charge is -2.24. The second-order valence-corrected chi connectivity index (χ2v) is 2.22. The predicted molar refractivity (Wildman–Crippen MR) is 32.0 cm³/mol. The van der Waals surface area contributed by atoms with Crippen molar-refractivity contribution in [2.24, 2.45) is 0 Å². The molecule has 1 heterocycles. The molecule has 0 aromatic heterocycles. The van der Waals surface area contributed by atoms with Crippen LogP contribution in [0.1, 0.15) is 12.8 Å². The van der Waals surface area contributed by atoms with E-state index in [0.717, 1.165) is 6.42 Å². The van der Waals surface area contributed by atoms with Crippen LogP contribution in [0, 0.1) is 0 Å². The van der Waals surface area contributed by atoms with Crippen LogP contribution in [-0.4, -0.2) is 31.2 Å². The molecule has 1 N–H and O–H groups in total. The summed E-state index contributed by atoms with van der Waals surface area (Å²) in [7, 11) is 1.66. The van der Waals surface area contributed by atoms with Gasteiger partial charge in [0.1, 0.15) is 0 Å². The van der Waals surface area contributed by atoms with Gasteiger partial charge in [0.25, 0.3) is 0 Å². The fourth-order valence-electron chi connectivity index (χ4n) is 0.899. The quantitative estimate of drug-likeness (QED) is 0.551. The molecule has 1 saturated heterocycles. The van der Waals surface area contributed by atoms with Gasteiger partial charge in [0, 0.05) is 13.5 Å². The van der Waals surface area contributed by atoms with E-state index in [2.05, 4.69) is 0 Å². The standard InChI is InChI=1S/C6H12O3/c1-8-5-2-3-6(7)9-4-5/h5-7H,2-4H2,1H3. The lowest BCUT2D eigenvalue weighted by molar-refractivity contribution is -0.161. The maximum Gasteiger partial charge on any atom is 0.154 e. The van der Waals surface area contributed by atoms with Crippen molar-refractivity contribution in [2.45, 2.75) is 25.2 Å². The molecule has 0 bridgehead atoms. The maximum atomic E-state index is 8.84. The summed E-state index contributed by atoms with van der Waals surface area (Å²) in [6.45, 7) is 0.525. The average molecular weight is 132 g/mol. The molecule has 1 aliphatic rings. The van der Waals surface area contributed by atoms with E-state index in [-0.39, 0.29) is 6.10 Å². The highest BCUT2D eigenvalue weighted by molar-refractivity contribution is 4.62. The summed E-state index contributed by atoms with van der Waals surface area (Å²) in [5.74, 6) is 0. The molecule has 9 heavy (non-hydrogen) atoms. The van der Waals surface area contributed by atoms with Crippen LogP contribution in [0.2, 0.25) is 0 Å². The highest BCUT2D eigenvalue weighted by atomic mass is 16.6. The minimum absolute atomic E-state index is 0.188. The summed E-state index contributed by atoms with van der Waals surface area (Å²) in [5, 5.41) is 8.84. The van der Waals surface area contributed by atoms with Crippen molar-refractivity contribution in [3.8, 4) is 0 Å². The van der Waals surface area contributed by atoms with Gasteiger partial charge in [-0.3, -0.25) is 0 Å². The average Bonchev–Trinajstić information content (AvgIpc) is 1.90. The van der Waals surface area contributed by atoms with Crippen LogP contribution in [0.3, 0.4) is 0 Å². The Kier molecular flexibility index (Phi) is 2.45. The molecular formula is C6H12O3. The first-order valence-electron chi connectivity index (χ1n) is 3.15. The monoisotopic (exact) mass is 132 g/mol. The first-order chi connectivity index (χ1) is 4.33. The second kappa shape index (κ2) is 3.15. The molecule has 0 spiro atoms. The molecule has 2 atom stereocenters. The Balaban J connectivity index is 2.18. The van der Waals surface area contributed by atoms with E-state index in [1.165, 1.54) is 0 Å². The molecule has 0 radical (unpaired) electrons. The van der Waals surface area contributed by atoms with Crippen LogP contribution in [-0.2, 0) is 9.47 Å². The molecular weight excluding hydrogens is 120 g/mol. The third-order valence-corrected chi connectivity index (χ3v) is 1.54. The van der Waals surface area contributed by atoms with E-state index in [1.807, 2.05) is 0 Å². The Morgan fingerprint density at radius 1 is 1.56 bits per heavy atom. The van der Waals surface area contributed by atoms with E-state index in [9.17, 15) is 0 Å². The van der Waals surface area contributed by atoms with Gasteiger partial charge in [-0.05, 0) is 6.42 Å². The Labute approximate surface area is 54.6 Å². The van der Waals surface area contributed by atoms with Crippen LogP contribution in [0.25, 0.3) is 0 Å². The molecule has 2 unspecified atom stereocenters. The van der Waals surface area contributed by atoms with Crippen molar-refractivity contribution < 1.29 is 14.6 Å². The third kappa shape index (κ3) is 1.93. The van der Waals surface area contributed by atoms with Gasteiger partial charge >= 0.3 is 0 Å². The molecule has 0 aromatic rings. The Bertz CT molecular complexity index is 76.4. The zero-order valence-electron chi connectivity index (χ0n) is 5.54. The Morgan fingerprint density at radius 2 is 2.33 bits per heavy atom. The minimum atomic E-state index is -0.559. The second-order valence-electron chi connectivity index (χ2n) is 2.22. The molecule has 1 rings (SSSR count). The van der Waals surface area contributed by atoms with Crippen molar-refractivity contribution in [1.82, 2.24) is 0 Å². The van der Waals surface area contributed by atoms with Crippen LogP contribution >= 0.6 is 0 Å². The predicted octanol–water partition coefficient (Wildman–Crippen LogP) is 0.130. The van der Waals surface area contributed by atoms with Crippen LogP contribution in [0.15, 0.2) is 0 Å². The third-order valence-electron chi connectivity index (χ3n) is 1.54. The van der Waals surface area contributed by atoms with E-state index in [1.54, 1.807) is 7.11 Å². The summed E-state index contributed by atoms with van der Waals surface area (Å²) in [6.07, 6.45) is 1.22. The van der Waals surface area contributed by atoms with Gasteiger partial charge in [0.15, 0.2) is 6.29 Å². The maximum absolute atomic E-state index is 8.84. The number of aliphatic hydroxyl groups is 1. The normalized spacial score (nSPS) is 36.7. The summed E-state index contributed by atoms with van der Waals surface area (Å²) >= 11 is 0. The van der Waals surface area contributed by atoms with Crippen molar-refractivity contribution in [2.75, 3.05) is 13.7 Å². The molecule has 0 aromatic carbocycles. The summed E-state index contributed by atoms with van der Waals surface area (Å²) in [4.78, 5) is 0. The summed E-state index contributed by atoms with van der Waals surface area (Å²) in [6, 6.07) is 0. The topological polar surface area (TPSA) is 38.7 Å². The zero-order valence-corrected chi connectivity index (χ0v) is 5.54. The van der Waals surface area contributed by atoms with E-state index < -0.39 is 6.29 Å². The van der Waals surface area contributed by atoms with Gasteiger partial charge < -0.3 is 14.6 Å². The molecule has 1 fully saturated rings. The Hall–Kier alpha value is -0.120. The number of hydrogen-bond donors (Lipinski definition) is 1. The van der Waals surface area contributed by atoms with Crippen molar-refractivity contribution in [3.05, 3.63) is 0 Å². The van der Waals surface area contributed by atoms with Gasteiger partial charge in [-0.15, -0.1) is 0 Å². The lowest BCUT2D eigenvalue weighted by atomic mass is 10.1. The van der Waals surface area contributed by atoms with E-state index in [4.69, 9.17) is 14.6 Å². The summed E-state index contributed by atoms with van der Waals surface area (Å²) in [5.41, 5.74) is 0. The van der Waals surface area contributed by atoms with E-state index in [0.29, 0.717) is 13.0 Å². The molecule has 3 nitrogen and oxygen atoms in total. The van der Waals surface area contributed by atoms with Gasteiger partial charge in [-0.2, -0.15) is 0 Å². The lowest BCUT2D eigenvalue weighted by Crippen LogP contribution is -2.30. The van der Waals surface area contributed by atoms with Crippen LogP contribution in [0.5, 0.6) is 0 Å². The highest BCUT2D eigenvalue weighted by Crippen LogP contribution is 2.12. The van der Waals surface area contributed by atoms with Gasteiger partial charge in [0.05, 0.1) is 12.7 Å². The van der Waals surface area contributed by atoms with Gasteiger partial charge in [0.2, 0.25) is 0 Å². The van der Waals surface area contributed by atoms with Crippen molar-refractivity contribution in [1.29, 1.82) is 0 Å². The fraction of sp³-hybridized carbons (Fsp3) is 1.00. The molecule has 3 heteroatoms. The number of ether oxygens (including phenoxy) is 2. The number of methoxy groups -OCH3 is 1. The summed E-state index contributed by atoms with van der Waals surface area (Å²) < 4.78 is 9.92. The first kappa shape index (κ1) is 6.99. The molecule has 0 amide bonds. The minimum Gasteiger partial charge on any atom is -0.379 e. The smallest absolute Gasteiger partial charge is 0.154 e. The van der Waals surface area contributed by atoms with E-state index >= 15 is 0 Å². The van der Waals surface area contributed by atoms with Crippen LogP contribution < -0.4 is 0 Å². The van der Waals surface area contributed by atoms with Gasteiger partial charge in [-0.1, -0.05) is 0 Å². The van der Waals surface area contributed by atoms with Gasteiger partial charge in [-0.25, -0.2) is 0 Å². The largest absolute Gasteiger partial charge is 0.379 e. The zero-order chi connectivity index (χ0) is 6.69. The molecule has 0 saturated carbocycles. The highest BCUT2D eigenvalue weighted by Gasteiger charge is 2.18. The van der Waals surface area contributed by atoms with Crippen molar-refractivity contribution in [3.63, 3.8) is 0 Å². The fourth-order valence-corrected chi connectivity index (χ4v) is 0.899. The number of rotatable bonds is 1. The van der Waals surface area contributed by atoms with Crippen LogP contribution in [0.4, 0.5) is 0 Å². The number of hydrogen-bond acceptors (Lipinski definition) is 3. The first-order valence-corrected chi connectivity index (χ1v) is 3.15. The SMILES string of the molecule is COC1CCC(O)OC1. The molecule has 54 valence electrons. The molecule has 1 aliphatic heterocycles. The Morgan fingerprint density at radius 3 is 2.78 bits per heavy atom. The van der Waals surface area contributed by atoms with Crippen molar-refractivity contribution >= 4 is 0 Å². The molecule has 0 aliphatic carbocycles. The number of aliphatic hydroxyl groups excluding tert-OH is 1.